The summed E-state index contributed by atoms with van der Waals surface area (Å²) in [5, 5.41) is 2.73. The fourth-order valence-electron chi connectivity index (χ4n) is 2.60. The third kappa shape index (κ3) is 5.34. The molecule has 0 atom stereocenters. The molecule has 0 saturated heterocycles. The van der Waals surface area contributed by atoms with E-state index in [4.69, 9.17) is 0 Å². The lowest BCUT2D eigenvalue weighted by Crippen LogP contribution is -2.37. The number of carbonyl (C=O) groups excluding carboxylic acids is 1. The van der Waals surface area contributed by atoms with E-state index in [-0.39, 0.29) is 10.6 Å². The van der Waals surface area contributed by atoms with E-state index in [0.717, 1.165) is 26.0 Å². The van der Waals surface area contributed by atoms with Gasteiger partial charge in [-0.3, -0.25) is 9.10 Å². The fourth-order valence-corrected chi connectivity index (χ4v) is 4.36. The molecular formula is C19H25N3O5S2. The number of aryl methyl sites for hydroxylation is 1. The molecule has 0 bridgehead atoms. The molecule has 158 valence electrons. The Morgan fingerprint density at radius 3 is 2.07 bits per heavy atom. The smallest absolute Gasteiger partial charge is 0.245 e. The molecule has 0 aromatic heterocycles. The van der Waals surface area contributed by atoms with E-state index in [1.807, 2.05) is 19.9 Å². The normalized spacial score (nSPS) is 12.1. The van der Waals surface area contributed by atoms with Crippen LogP contribution in [0.4, 0.5) is 11.4 Å². The quantitative estimate of drug-likeness (QED) is 0.710. The summed E-state index contributed by atoms with van der Waals surface area (Å²) in [6.45, 7) is 3.34. The molecule has 0 fully saturated rings. The zero-order chi connectivity index (χ0) is 22.0. The number of amides is 1. The summed E-state index contributed by atoms with van der Waals surface area (Å²) >= 11 is 0. The van der Waals surface area contributed by atoms with Gasteiger partial charge >= 0.3 is 0 Å². The Labute approximate surface area is 172 Å². The Kier molecular flexibility index (Phi) is 6.71. The Balaban J connectivity index is 2.29. The van der Waals surface area contributed by atoms with Crippen molar-refractivity contribution in [1.82, 2.24) is 4.31 Å². The van der Waals surface area contributed by atoms with Crippen LogP contribution in [0.2, 0.25) is 0 Å². The minimum Gasteiger partial charge on any atom is -0.324 e. The molecule has 0 saturated carbocycles. The molecule has 8 nitrogen and oxygen atoms in total. The van der Waals surface area contributed by atoms with Crippen LogP contribution in [0.5, 0.6) is 0 Å². The van der Waals surface area contributed by atoms with Gasteiger partial charge in [0.25, 0.3) is 0 Å². The molecule has 0 unspecified atom stereocenters. The molecule has 0 radical (unpaired) electrons. The molecule has 0 aliphatic rings. The lowest BCUT2D eigenvalue weighted by atomic mass is 10.1. The molecule has 29 heavy (non-hydrogen) atoms. The third-order valence-corrected chi connectivity index (χ3v) is 7.44. The van der Waals surface area contributed by atoms with Gasteiger partial charge in [-0.1, -0.05) is 12.1 Å². The number of carbonyl (C=O) groups is 1. The monoisotopic (exact) mass is 439 g/mol. The van der Waals surface area contributed by atoms with Gasteiger partial charge in [-0.05, 0) is 55.3 Å². The molecule has 10 heteroatoms. The zero-order valence-electron chi connectivity index (χ0n) is 17.0. The molecule has 0 spiro atoms. The zero-order valence-corrected chi connectivity index (χ0v) is 18.6. The van der Waals surface area contributed by atoms with Gasteiger partial charge in [0.1, 0.15) is 6.54 Å². The van der Waals surface area contributed by atoms with Crippen molar-refractivity contribution in [2.75, 3.05) is 36.5 Å². The summed E-state index contributed by atoms with van der Waals surface area (Å²) in [4.78, 5) is 12.5. The van der Waals surface area contributed by atoms with Crippen LogP contribution in [0.3, 0.4) is 0 Å². The summed E-state index contributed by atoms with van der Waals surface area (Å²) in [5.41, 5.74) is 2.70. The van der Waals surface area contributed by atoms with Crippen molar-refractivity contribution in [3.05, 3.63) is 53.6 Å². The van der Waals surface area contributed by atoms with Crippen LogP contribution in [0.25, 0.3) is 0 Å². The number of benzene rings is 2. The first kappa shape index (κ1) is 22.9. The van der Waals surface area contributed by atoms with Gasteiger partial charge in [0.05, 0.1) is 16.8 Å². The van der Waals surface area contributed by atoms with Gasteiger partial charge in [0.2, 0.25) is 26.0 Å². The first-order chi connectivity index (χ1) is 13.3. The number of nitrogens with zero attached hydrogens (tertiary/aromatic N) is 2. The van der Waals surface area contributed by atoms with Crippen LogP contribution >= 0.6 is 0 Å². The number of hydrogen-bond acceptors (Lipinski definition) is 5. The van der Waals surface area contributed by atoms with E-state index >= 15 is 0 Å². The molecule has 2 aromatic rings. The minimum absolute atomic E-state index is 0.0274. The fraction of sp³-hybridized carbons (Fsp3) is 0.316. The maximum Gasteiger partial charge on any atom is 0.245 e. The van der Waals surface area contributed by atoms with Crippen LogP contribution in [0.15, 0.2) is 47.4 Å². The maximum absolute atomic E-state index is 12.5. The number of anilines is 2. The van der Waals surface area contributed by atoms with Crippen molar-refractivity contribution < 1.29 is 21.6 Å². The molecule has 0 heterocycles. The van der Waals surface area contributed by atoms with Crippen LogP contribution in [-0.4, -0.2) is 53.9 Å². The van der Waals surface area contributed by atoms with Crippen LogP contribution in [0, 0.1) is 13.8 Å². The van der Waals surface area contributed by atoms with E-state index in [1.165, 1.54) is 38.4 Å². The predicted octanol–water partition coefficient (Wildman–Crippen LogP) is 1.96. The van der Waals surface area contributed by atoms with Crippen molar-refractivity contribution in [3.8, 4) is 0 Å². The summed E-state index contributed by atoms with van der Waals surface area (Å²) in [6, 6.07) is 10.8. The average Bonchev–Trinajstić information content (AvgIpc) is 2.62. The number of sulfonamides is 2. The topological polar surface area (TPSA) is 104 Å². The standard InChI is InChI=1S/C19H25N3O5S2/c1-14-7-6-8-18(15(14)2)20-19(23)13-22(28(5,24)25)16-9-11-17(12-10-16)29(26,27)21(3)4/h6-12H,13H2,1-5H3,(H,20,23). The molecule has 1 amide bonds. The van der Waals surface area contributed by atoms with Crippen molar-refractivity contribution in [2.24, 2.45) is 0 Å². The molecular weight excluding hydrogens is 414 g/mol. The first-order valence-corrected chi connectivity index (χ1v) is 12.0. The van der Waals surface area contributed by atoms with Gasteiger partial charge in [-0.2, -0.15) is 0 Å². The Morgan fingerprint density at radius 1 is 0.966 bits per heavy atom. The highest BCUT2D eigenvalue weighted by atomic mass is 32.2. The maximum atomic E-state index is 12.5. The van der Waals surface area contributed by atoms with E-state index < -0.39 is 32.5 Å². The van der Waals surface area contributed by atoms with Crippen molar-refractivity contribution in [1.29, 1.82) is 0 Å². The molecule has 0 aliphatic heterocycles. The first-order valence-electron chi connectivity index (χ1n) is 8.70. The second-order valence-corrected chi connectivity index (χ2v) is 10.9. The van der Waals surface area contributed by atoms with Crippen LogP contribution in [0.1, 0.15) is 11.1 Å². The lowest BCUT2D eigenvalue weighted by molar-refractivity contribution is -0.114. The molecule has 1 N–H and O–H groups in total. The van der Waals surface area contributed by atoms with Gasteiger partial charge < -0.3 is 5.32 Å². The van der Waals surface area contributed by atoms with Gasteiger partial charge in [-0.15, -0.1) is 0 Å². The second kappa shape index (κ2) is 8.52. The summed E-state index contributed by atoms with van der Waals surface area (Å²) in [6.07, 6.45) is 0.989. The molecule has 2 aromatic carbocycles. The van der Waals surface area contributed by atoms with Crippen molar-refractivity contribution >= 4 is 37.3 Å². The van der Waals surface area contributed by atoms with Gasteiger partial charge in [0.15, 0.2) is 0 Å². The van der Waals surface area contributed by atoms with Gasteiger partial charge in [0, 0.05) is 19.8 Å². The number of nitrogens with one attached hydrogen (secondary N) is 1. The van der Waals surface area contributed by atoms with E-state index in [2.05, 4.69) is 5.32 Å². The highest BCUT2D eigenvalue weighted by Gasteiger charge is 2.23. The Hall–Kier alpha value is -2.43. The lowest BCUT2D eigenvalue weighted by Gasteiger charge is -2.22. The predicted molar refractivity (Wildman–Crippen MR) is 114 cm³/mol. The number of rotatable bonds is 7. The van der Waals surface area contributed by atoms with Crippen LogP contribution in [-0.2, 0) is 24.8 Å². The highest BCUT2D eigenvalue weighted by Crippen LogP contribution is 2.22. The Bertz CT molecular complexity index is 1110. The Morgan fingerprint density at radius 2 is 1.55 bits per heavy atom. The molecule has 2 rings (SSSR count). The third-order valence-electron chi connectivity index (χ3n) is 4.47. The summed E-state index contributed by atoms with van der Waals surface area (Å²) < 4.78 is 50.9. The highest BCUT2D eigenvalue weighted by molar-refractivity contribution is 7.92. The van der Waals surface area contributed by atoms with Crippen molar-refractivity contribution in [3.63, 3.8) is 0 Å². The van der Waals surface area contributed by atoms with Gasteiger partial charge in [-0.25, -0.2) is 21.1 Å². The van der Waals surface area contributed by atoms with Crippen molar-refractivity contribution in [2.45, 2.75) is 18.7 Å². The second-order valence-electron chi connectivity index (χ2n) is 6.85. The SMILES string of the molecule is Cc1cccc(NC(=O)CN(c2ccc(S(=O)(=O)N(C)C)cc2)S(C)(=O)=O)c1C. The van der Waals surface area contributed by atoms with E-state index in [1.54, 1.807) is 12.1 Å². The summed E-state index contributed by atoms with van der Waals surface area (Å²) in [5.74, 6) is -0.505. The molecule has 0 aliphatic carbocycles. The van der Waals surface area contributed by atoms with E-state index in [0.29, 0.717) is 5.69 Å². The minimum atomic E-state index is -3.78. The average molecular weight is 440 g/mol. The number of hydrogen-bond donors (Lipinski definition) is 1. The summed E-state index contributed by atoms with van der Waals surface area (Å²) in [7, 11) is -4.60. The largest absolute Gasteiger partial charge is 0.324 e. The van der Waals surface area contributed by atoms with E-state index in [9.17, 15) is 21.6 Å². The van der Waals surface area contributed by atoms with Crippen LogP contribution < -0.4 is 9.62 Å².